The summed E-state index contributed by atoms with van der Waals surface area (Å²) in [6, 6.07) is 10.3. The second kappa shape index (κ2) is 7.63. The third-order valence-electron chi connectivity index (χ3n) is 6.97. The first-order valence-electron chi connectivity index (χ1n) is 10.6. The highest BCUT2D eigenvalue weighted by molar-refractivity contribution is 6.32. The van der Waals surface area contributed by atoms with E-state index >= 15 is 0 Å². The number of hydrogen-bond acceptors (Lipinski definition) is 4. The number of piperidine rings is 1. The van der Waals surface area contributed by atoms with Gasteiger partial charge >= 0.3 is 6.18 Å². The molecule has 1 saturated carbocycles. The van der Waals surface area contributed by atoms with Gasteiger partial charge in [-0.3, -0.25) is 9.78 Å². The number of hydrogen-bond donors (Lipinski definition) is 0. The zero-order valence-electron chi connectivity index (χ0n) is 17.2. The van der Waals surface area contributed by atoms with Crippen molar-refractivity contribution >= 4 is 17.5 Å². The van der Waals surface area contributed by atoms with Crippen LogP contribution in [0.5, 0.6) is 5.75 Å². The molecule has 3 fully saturated rings. The molecule has 1 aliphatic carbocycles. The summed E-state index contributed by atoms with van der Waals surface area (Å²) in [5, 5.41) is 0.119. The van der Waals surface area contributed by atoms with Crippen LogP contribution in [0.2, 0.25) is 5.02 Å². The fourth-order valence-corrected chi connectivity index (χ4v) is 4.74. The smallest absolute Gasteiger partial charge is 0.397 e. The number of amides is 1. The van der Waals surface area contributed by atoms with Crippen molar-refractivity contribution in [1.82, 2.24) is 9.88 Å². The van der Waals surface area contributed by atoms with Crippen LogP contribution in [0, 0.1) is 5.41 Å². The van der Waals surface area contributed by atoms with Gasteiger partial charge in [0.1, 0.15) is 17.8 Å². The zero-order valence-corrected chi connectivity index (χ0v) is 18.0. The molecule has 1 amide bonds. The number of likely N-dealkylation sites (tertiary alicyclic amines) is 1. The van der Waals surface area contributed by atoms with Gasteiger partial charge in [0.05, 0.1) is 28.8 Å². The summed E-state index contributed by atoms with van der Waals surface area (Å²) >= 11 is 6.23. The van der Waals surface area contributed by atoms with Gasteiger partial charge in [-0.15, -0.1) is 0 Å². The van der Waals surface area contributed by atoms with Crippen LogP contribution in [-0.2, 0) is 10.2 Å². The zero-order chi connectivity index (χ0) is 22.6. The second-order valence-electron chi connectivity index (χ2n) is 8.88. The number of ether oxygens (including phenoxy) is 2. The summed E-state index contributed by atoms with van der Waals surface area (Å²) < 4.78 is 50.4. The summed E-state index contributed by atoms with van der Waals surface area (Å²) in [4.78, 5) is 19.3. The van der Waals surface area contributed by atoms with Gasteiger partial charge in [-0.1, -0.05) is 17.7 Å². The number of rotatable bonds is 5. The molecule has 2 saturated heterocycles. The number of carbonyl (C=O) groups excluding carboxylic acids is 1. The molecule has 1 aromatic carbocycles. The Morgan fingerprint density at radius 1 is 1.25 bits per heavy atom. The van der Waals surface area contributed by atoms with Crippen LogP contribution in [0.25, 0.3) is 0 Å². The molecule has 0 radical (unpaired) electrons. The van der Waals surface area contributed by atoms with E-state index in [9.17, 15) is 18.0 Å². The number of halogens is 4. The van der Waals surface area contributed by atoms with Crippen molar-refractivity contribution in [2.75, 3.05) is 26.3 Å². The Kier molecular flexibility index (Phi) is 5.13. The standard InChI is InChI=1S/C23H22ClF3N2O3/c24-16-11-15(4-5-17(16)31-13-21(6-7-21)23(25,26)27)20(30)29-10-8-22(14-32-19(22)12-29)18-3-1-2-9-28-18/h1-5,9,11,19H,6-8,10,12-14H2/t19?,22-/m1/s1. The molecule has 5 rings (SSSR count). The normalized spacial score (nSPS) is 26.1. The lowest BCUT2D eigenvalue weighted by molar-refractivity contribution is -0.194. The first-order valence-corrected chi connectivity index (χ1v) is 10.9. The van der Waals surface area contributed by atoms with Crippen LogP contribution in [0.15, 0.2) is 42.6 Å². The van der Waals surface area contributed by atoms with Crippen LogP contribution in [-0.4, -0.2) is 54.4 Å². The van der Waals surface area contributed by atoms with E-state index in [1.54, 1.807) is 17.2 Å². The first-order chi connectivity index (χ1) is 15.2. The molecule has 0 spiro atoms. The van der Waals surface area contributed by atoms with Crippen LogP contribution in [0.4, 0.5) is 13.2 Å². The maximum atomic E-state index is 13.1. The van der Waals surface area contributed by atoms with E-state index in [2.05, 4.69) is 4.98 Å². The SMILES string of the molecule is O=C(c1ccc(OCC2(C(F)(F)F)CC2)c(Cl)c1)N1CC[C@]2(c3ccccn3)COC2C1. The molecule has 170 valence electrons. The number of fused-ring (bicyclic) bond motifs is 1. The lowest BCUT2D eigenvalue weighted by atomic mass is 9.70. The van der Waals surface area contributed by atoms with Crippen LogP contribution < -0.4 is 4.74 Å². The molecule has 5 nitrogen and oxygen atoms in total. The fourth-order valence-electron chi connectivity index (χ4n) is 4.51. The van der Waals surface area contributed by atoms with E-state index < -0.39 is 18.2 Å². The van der Waals surface area contributed by atoms with Crippen LogP contribution in [0.3, 0.4) is 0 Å². The lowest BCUT2D eigenvalue weighted by Gasteiger charge is -2.54. The number of alkyl halides is 3. The molecule has 2 aliphatic heterocycles. The molecule has 3 heterocycles. The molecule has 0 bridgehead atoms. The third-order valence-corrected chi connectivity index (χ3v) is 7.27. The molecule has 32 heavy (non-hydrogen) atoms. The van der Waals surface area contributed by atoms with Gasteiger partial charge in [0.2, 0.25) is 0 Å². The fraction of sp³-hybridized carbons (Fsp3) is 0.478. The average molecular weight is 467 g/mol. The third kappa shape index (κ3) is 3.53. The largest absolute Gasteiger partial charge is 0.491 e. The number of nitrogens with zero attached hydrogens (tertiary/aromatic N) is 2. The van der Waals surface area contributed by atoms with Crippen molar-refractivity contribution in [3.63, 3.8) is 0 Å². The van der Waals surface area contributed by atoms with E-state index in [-0.39, 0.29) is 41.0 Å². The van der Waals surface area contributed by atoms with Crippen LogP contribution >= 0.6 is 11.6 Å². The van der Waals surface area contributed by atoms with Crippen molar-refractivity contribution in [2.45, 2.75) is 37.0 Å². The highest BCUT2D eigenvalue weighted by Gasteiger charge is 2.64. The molecule has 1 aromatic heterocycles. The van der Waals surface area contributed by atoms with Gasteiger partial charge < -0.3 is 14.4 Å². The number of aromatic nitrogens is 1. The predicted octanol–water partition coefficient (Wildman–Crippen LogP) is 4.64. The highest BCUT2D eigenvalue weighted by Crippen LogP contribution is 2.57. The van der Waals surface area contributed by atoms with Gasteiger partial charge in [0.15, 0.2) is 0 Å². The maximum Gasteiger partial charge on any atom is 0.397 e. The Balaban J connectivity index is 1.24. The highest BCUT2D eigenvalue weighted by atomic mass is 35.5. The van der Waals surface area contributed by atoms with E-state index in [0.29, 0.717) is 25.3 Å². The lowest BCUT2D eigenvalue weighted by Crippen LogP contribution is -2.65. The summed E-state index contributed by atoms with van der Waals surface area (Å²) in [5.41, 5.74) is -0.587. The summed E-state index contributed by atoms with van der Waals surface area (Å²) in [7, 11) is 0. The number of benzene rings is 1. The van der Waals surface area contributed by atoms with Gasteiger partial charge in [-0.2, -0.15) is 13.2 Å². The van der Waals surface area contributed by atoms with Crippen molar-refractivity contribution in [3.05, 3.63) is 58.9 Å². The summed E-state index contributed by atoms with van der Waals surface area (Å²) in [6.45, 7) is 1.12. The Hall–Kier alpha value is -2.32. The second-order valence-corrected chi connectivity index (χ2v) is 9.29. The van der Waals surface area contributed by atoms with E-state index in [0.717, 1.165) is 12.1 Å². The molecular formula is C23H22ClF3N2O3. The van der Waals surface area contributed by atoms with Gasteiger partial charge in [-0.05, 0) is 49.6 Å². The first kappa shape index (κ1) is 21.5. The van der Waals surface area contributed by atoms with Crippen molar-refractivity contribution in [1.29, 1.82) is 0 Å². The van der Waals surface area contributed by atoms with Gasteiger partial charge in [0, 0.05) is 24.8 Å². The van der Waals surface area contributed by atoms with E-state index in [4.69, 9.17) is 21.1 Å². The molecule has 2 atom stereocenters. The Labute approximate surface area is 188 Å². The quantitative estimate of drug-likeness (QED) is 0.644. The molecule has 0 N–H and O–H groups in total. The predicted molar refractivity (Wildman–Crippen MR) is 111 cm³/mol. The minimum Gasteiger partial charge on any atom is -0.491 e. The molecular weight excluding hydrogens is 445 g/mol. The monoisotopic (exact) mass is 466 g/mol. The minimum absolute atomic E-state index is 0.0584. The summed E-state index contributed by atoms with van der Waals surface area (Å²) in [6.07, 6.45) is -1.79. The van der Waals surface area contributed by atoms with Gasteiger partial charge in [0.25, 0.3) is 5.91 Å². The average Bonchev–Trinajstić information content (AvgIpc) is 3.55. The van der Waals surface area contributed by atoms with Crippen LogP contribution in [0.1, 0.15) is 35.3 Å². The van der Waals surface area contributed by atoms with Gasteiger partial charge in [-0.25, -0.2) is 0 Å². The number of pyridine rings is 1. The molecule has 9 heteroatoms. The molecule has 2 aromatic rings. The molecule has 1 unspecified atom stereocenters. The maximum absolute atomic E-state index is 13.1. The Morgan fingerprint density at radius 3 is 2.62 bits per heavy atom. The summed E-state index contributed by atoms with van der Waals surface area (Å²) in [5.74, 6) is -0.0496. The number of carbonyl (C=O) groups is 1. The van der Waals surface area contributed by atoms with Crippen molar-refractivity contribution in [3.8, 4) is 5.75 Å². The van der Waals surface area contributed by atoms with Crippen molar-refractivity contribution < 1.29 is 27.4 Å². The molecule has 3 aliphatic rings. The Bertz CT molecular complexity index is 1030. The van der Waals surface area contributed by atoms with E-state index in [1.807, 2.05) is 18.2 Å². The minimum atomic E-state index is -4.29. The topological polar surface area (TPSA) is 51.7 Å². The Morgan fingerprint density at radius 2 is 2.06 bits per heavy atom. The van der Waals surface area contributed by atoms with E-state index in [1.165, 1.54) is 12.1 Å². The van der Waals surface area contributed by atoms with Crippen molar-refractivity contribution in [2.24, 2.45) is 5.41 Å².